The Morgan fingerprint density at radius 1 is 1.00 bits per heavy atom. The summed E-state index contributed by atoms with van der Waals surface area (Å²) in [6.45, 7) is 0.431. The molecule has 0 atom stereocenters. The zero-order valence-corrected chi connectivity index (χ0v) is 12.4. The molecule has 110 valence electrons. The molecule has 1 aromatic heterocycles. The molecule has 0 aliphatic heterocycles. The van der Waals surface area contributed by atoms with Gasteiger partial charge in [-0.15, -0.1) is 0 Å². The molecule has 3 rings (SSSR count). The molecule has 2 aromatic carbocycles. The lowest BCUT2D eigenvalue weighted by Crippen LogP contribution is -2.23. The van der Waals surface area contributed by atoms with Crippen molar-refractivity contribution in [2.45, 2.75) is 6.54 Å². The molecule has 0 radical (unpaired) electrons. The Balaban J connectivity index is 1.66. The van der Waals surface area contributed by atoms with E-state index in [1.807, 2.05) is 61.8 Å². The van der Waals surface area contributed by atoms with Crippen molar-refractivity contribution in [1.29, 1.82) is 0 Å². The fraction of sp³-hybridized carbons (Fsp3) is 0.111. The lowest BCUT2D eigenvalue weighted by Gasteiger charge is -2.05. The van der Waals surface area contributed by atoms with Crippen LogP contribution in [0, 0.1) is 0 Å². The minimum absolute atomic E-state index is 0.0923. The number of nitrogens with zero attached hydrogens (tertiary/aromatic N) is 2. The molecule has 0 bridgehead atoms. The Bertz CT molecular complexity index is 761. The Kier molecular flexibility index (Phi) is 4.01. The molecular formula is C18H17N3O. The van der Waals surface area contributed by atoms with Crippen LogP contribution in [0.3, 0.4) is 0 Å². The van der Waals surface area contributed by atoms with Crippen LogP contribution in [0.4, 0.5) is 0 Å². The highest BCUT2D eigenvalue weighted by molar-refractivity contribution is 5.94. The number of benzene rings is 2. The Labute approximate surface area is 129 Å². The first-order valence-electron chi connectivity index (χ1n) is 7.14. The average Bonchev–Trinajstić information content (AvgIpc) is 2.99. The molecule has 0 aliphatic carbocycles. The van der Waals surface area contributed by atoms with E-state index in [9.17, 15) is 4.79 Å². The fourth-order valence-corrected chi connectivity index (χ4v) is 2.28. The van der Waals surface area contributed by atoms with Gasteiger partial charge in [0.2, 0.25) is 0 Å². The van der Waals surface area contributed by atoms with Crippen molar-refractivity contribution < 1.29 is 4.79 Å². The van der Waals surface area contributed by atoms with E-state index in [0.29, 0.717) is 12.1 Å². The second-order valence-electron chi connectivity index (χ2n) is 5.11. The molecule has 1 N–H and O–H groups in total. The fourth-order valence-electron chi connectivity index (χ4n) is 2.28. The van der Waals surface area contributed by atoms with E-state index < -0.39 is 0 Å². The van der Waals surface area contributed by atoms with Crippen LogP contribution in [0.15, 0.2) is 66.9 Å². The van der Waals surface area contributed by atoms with Crippen LogP contribution in [0.25, 0.3) is 11.1 Å². The van der Waals surface area contributed by atoms with Crippen molar-refractivity contribution in [3.63, 3.8) is 0 Å². The van der Waals surface area contributed by atoms with E-state index in [-0.39, 0.29) is 5.91 Å². The molecule has 0 saturated carbocycles. The number of hydrogen-bond acceptors (Lipinski definition) is 2. The summed E-state index contributed by atoms with van der Waals surface area (Å²) in [6.07, 6.45) is 1.86. The number of aromatic nitrogens is 2. The lowest BCUT2D eigenvalue weighted by atomic mass is 10.0. The standard InChI is InChI=1S/C18H17N3O/c1-21-12-11-17(20-21)13-19-18(22)16-9-7-15(8-10-16)14-5-3-2-4-6-14/h2-12H,13H2,1H3,(H,19,22). The normalized spacial score (nSPS) is 10.4. The highest BCUT2D eigenvalue weighted by Gasteiger charge is 2.06. The lowest BCUT2D eigenvalue weighted by molar-refractivity contribution is 0.0950. The number of hydrogen-bond donors (Lipinski definition) is 1. The molecule has 22 heavy (non-hydrogen) atoms. The Morgan fingerprint density at radius 2 is 1.68 bits per heavy atom. The number of rotatable bonds is 4. The predicted octanol–water partition coefficient (Wildman–Crippen LogP) is 3.02. The topological polar surface area (TPSA) is 46.9 Å². The maximum atomic E-state index is 12.1. The van der Waals surface area contributed by atoms with Crippen molar-refractivity contribution in [3.8, 4) is 11.1 Å². The molecule has 1 amide bonds. The van der Waals surface area contributed by atoms with E-state index in [0.717, 1.165) is 16.8 Å². The third-order valence-electron chi connectivity index (χ3n) is 3.45. The van der Waals surface area contributed by atoms with Gasteiger partial charge < -0.3 is 5.32 Å². The number of nitrogens with one attached hydrogen (secondary N) is 1. The molecule has 0 saturated heterocycles. The first-order chi connectivity index (χ1) is 10.7. The van der Waals surface area contributed by atoms with Gasteiger partial charge in [-0.05, 0) is 29.3 Å². The minimum Gasteiger partial charge on any atom is -0.346 e. The third-order valence-corrected chi connectivity index (χ3v) is 3.45. The van der Waals surface area contributed by atoms with Crippen LogP contribution in [-0.2, 0) is 13.6 Å². The van der Waals surface area contributed by atoms with E-state index in [2.05, 4.69) is 22.5 Å². The van der Waals surface area contributed by atoms with Gasteiger partial charge in [-0.1, -0.05) is 42.5 Å². The molecule has 4 heteroatoms. The molecule has 0 unspecified atom stereocenters. The summed E-state index contributed by atoms with van der Waals surface area (Å²) in [5, 5.41) is 7.11. The van der Waals surface area contributed by atoms with Gasteiger partial charge in [-0.25, -0.2) is 0 Å². The van der Waals surface area contributed by atoms with Crippen LogP contribution in [-0.4, -0.2) is 15.7 Å². The van der Waals surface area contributed by atoms with Crippen molar-refractivity contribution >= 4 is 5.91 Å². The summed E-state index contributed by atoms with van der Waals surface area (Å²) in [5.41, 5.74) is 3.73. The summed E-state index contributed by atoms with van der Waals surface area (Å²) in [6, 6.07) is 19.6. The van der Waals surface area contributed by atoms with E-state index >= 15 is 0 Å². The van der Waals surface area contributed by atoms with Gasteiger partial charge in [0.1, 0.15) is 0 Å². The van der Waals surface area contributed by atoms with Crippen LogP contribution in [0.5, 0.6) is 0 Å². The zero-order valence-electron chi connectivity index (χ0n) is 12.4. The van der Waals surface area contributed by atoms with Gasteiger partial charge in [-0.3, -0.25) is 9.48 Å². The van der Waals surface area contributed by atoms with E-state index in [1.54, 1.807) is 4.68 Å². The highest BCUT2D eigenvalue weighted by Crippen LogP contribution is 2.19. The van der Waals surface area contributed by atoms with Gasteiger partial charge in [0.25, 0.3) is 5.91 Å². The van der Waals surface area contributed by atoms with Crippen molar-refractivity contribution in [2.75, 3.05) is 0 Å². The van der Waals surface area contributed by atoms with Gasteiger partial charge in [0.15, 0.2) is 0 Å². The summed E-state index contributed by atoms with van der Waals surface area (Å²) in [7, 11) is 1.85. The van der Waals surface area contributed by atoms with Crippen molar-refractivity contribution in [2.24, 2.45) is 7.05 Å². The minimum atomic E-state index is -0.0923. The van der Waals surface area contributed by atoms with Gasteiger partial charge >= 0.3 is 0 Å². The van der Waals surface area contributed by atoms with Crippen molar-refractivity contribution in [1.82, 2.24) is 15.1 Å². The molecule has 3 aromatic rings. The predicted molar refractivity (Wildman–Crippen MR) is 86.3 cm³/mol. The molecular weight excluding hydrogens is 274 g/mol. The molecule has 4 nitrogen and oxygen atoms in total. The first-order valence-corrected chi connectivity index (χ1v) is 7.14. The Morgan fingerprint density at radius 3 is 2.32 bits per heavy atom. The summed E-state index contributed by atoms with van der Waals surface area (Å²) in [5.74, 6) is -0.0923. The number of carbonyl (C=O) groups excluding carboxylic acids is 1. The maximum Gasteiger partial charge on any atom is 0.251 e. The number of aryl methyl sites for hydroxylation is 1. The van der Waals surface area contributed by atoms with Crippen LogP contribution < -0.4 is 5.32 Å². The number of carbonyl (C=O) groups is 1. The molecule has 1 heterocycles. The summed E-state index contributed by atoms with van der Waals surface area (Å²) < 4.78 is 1.72. The summed E-state index contributed by atoms with van der Waals surface area (Å²) in [4.78, 5) is 12.1. The van der Waals surface area contributed by atoms with Crippen LogP contribution in [0.2, 0.25) is 0 Å². The monoisotopic (exact) mass is 291 g/mol. The van der Waals surface area contributed by atoms with Gasteiger partial charge in [-0.2, -0.15) is 5.10 Å². The highest BCUT2D eigenvalue weighted by atomic mass is 16.1. The van der Waals surface area contributed by atoms with E-state index in [4.69, 9.17) is 0 Å². The summed E-state index contributed by atoms with van der Waals surface area (Å²) >= 11 is 0. The van der Waals surface area contributed by atoms with Crippen LogP contribution >= 0.6 is 0 Å². The quantitative estimate of drug-likeness (QED) is 0.803. The van der Waals surface area contributed by atoms with Crippen LogP contribution in [0.1, 0.15) is 16.1 Å². The number of amides is 1. The SMILES string of the molecule is Cn1ccc(CNC(=O)c2ccc(-c3ccccc3)cc2)n1. The Hall–Kier alpha value is -2.88. The van der Waals surface area contributed by atoms with E-state index in [1.165, 1.54) is 0 Å². The van der Waals surface area contributed by atoms with Gasteiger partial charge in [0.05, 0.1) is 12.2 Å². The third kappa shape index (κ3) is 3.23. The largest absolute Gasteiger partial charge is 0.346 e. The molecule has 0 spiro atoms. The molecule has 0 aliphatic rings. The molecule has 0 fully saturated rings. The van der Waals surface area contributed by atoms with Gasteiger partial charge in [0, 0.05) is 18.8 Å². The smallest absolute Gasteiger partial charge is 0.251 e. The average molecular weight is 291 g/mol. The zero-order chi connectivity index (χ0) is 15.4. The van der Waals surface area contributed by atoms with Crippen molar-refractivity contribution in [3.05, 3.63) is 78.1 Å². The second-order valence-corrected chi connectivity index (χ2v) is 5.11. The second kappa shape index (κ2) is 6.26. The first kappa shape index (κ1) is 14.1. The maximum absolute atomic E-state index is 12.1.